The molecule has 2 rings (SSSR count). The van der Waals surface area contributed by atoms with Crippen molar-refractivity contribution in [2.75, 3.05) is 6.61 Å². The summed E-state index contributed by atoms with van der Waals surface area (Å²) in [6.07, 6.45) is 11.5. The van der Waals surface area contributed by atoms with Crippen molar-refractivity contribution in [3.8, 4) is 0 Å². The number of carbonyl (C=O) groups excluding carboxylic acids is 1. The van der Waals surface area contributed by atoms with Crippen LogP contribution in [0.15, 0.2) is 54.5 Å². The molecule has 1 aliphatic heterocycles. The van der Waals surface area contributed by atoms with Gasteiger partial charge in [0.1, 0.15) is 0 Å². The molecule has 0 aliphatic carbocycles. The van der Waals surface area contributed by atoms with Crippen LogP contribution in [0, 0.1) is 0 Å². The average Bonchev–Trinajstić information content (AvgIpc) is 2.86. The summed E-state index contributed by atoms with van der Waals surface area (Å²) in [5, 5.41) is 0. The van der Waals surface area contributed by atoms with Crippen molar-refractivity contribution in [2.45, 2.75) is 71.0 Å². The zero-order valence-electron chi connectivity index (χ0n) is 17.6. The molecule has 1 heterocycles. The minimum Gasteiger partial charge on any atom is -0.462 e. The molecular weight excluding hydrogens is 351 g/mol. The summed E-state index contributed by atoms with van der Waals surface area (Å²) in [6.45, 7) is 8.71. The van der Waals surface area contributed by atoms with E-state index in [0.29, 0.717) is 12.2 Å². The first-order valence-corrected chi connectivity index (χ1v) is 10.2. The van der Waals surface area contributed by atoms with Crippen LogP contribution in [0.5, 0.6) is 0 Å². The normalized spacial score (nSPS) is 18.2. The Morgan fingerprint density at radius 1 is 0.964 bits per heavy atom. The fourth-order valence-electron chi connectivity index (χ4n) is 2.84. The lowest BCUT2D eigenvalue weighted by molar-refractivity contribution is 0.00578. The molecule has 28 heavy (non-hydrogen) atoms. The van der Waals surface area contributed by atoms with Crippen LogP contribution in [-0.4, -0.2) is 30.9 Å². The molecular formula is C23H33BO4. The lowest BCUT2D eigenvalue weighted by Gasteiger charge is -2.32. The lowest BCUT2D eigenvalue weighted by Crippen LogP contribution is -2.41. The molecule has 152 valence electrons. The zero-order chi connectivity index (χ0) is 20.5. The largest absolute Gasteiger partial charge is 0.487 e. The Hall–Kier alpha value is -1.85. The van der Waals surface area contributed by atoms with Crippen LogP contribution in [0.4, 0.5) is 0 Å². The first kappa shape index (κ1) is 22.4. The maximum Gasteiger partial charge on any atom is 0.487 e. The van der Waals surface area contributed by atoms with E-state index in [2.05, 4.69) is 33.8 Å². The van der Waals surface area contributed by atoms with Crippen LogP contribution in [-0.2, 0) is 14.0 Å². The topological polar surface area (TPSA) is 44.8 Å². The Labute approximate surface area is 170 Å². The van der Waals surface area contributed by atoms with E-state index in [1.165, 1.54) is 0 Å². The molecule has 1 saturated heterocycles. The molecule has 5 heteroatoms. The summed E-state index contributed by atoms with van der Waals surface area (Å²) >= 11 is 0. The SMILES string of the molecule is CC1(C)OB(/C=C/C=C/CCCCCCOC(=O)c2ccccc2)OC1(C)C. The molecule has 0 N–H and O–H groups in total. The highest BCUT2D eigenvalue weighted by atomic mass is 16.7. The van der Waals surface area contributed by atoms with Gasteiger partial charge < -0.3 is 14.0 Å². The molecule has 0 bridgehead atoms. The molecule has 1 fully saturated rings. The highest BCUT2D eigenvalue weighted by Gasteiger charge is 2.49. The fourth-order valence-corrected chi connectivity index (χ4v) is 2.84. The van der Waals surface area contributed by atoms with Gasteiger partial charge in [0.05, 0.1) is 23.4 Å². The quantitative estimate of drug-likeness (QED) is 0.230. The Bertz CT molecular complexity index is 648. The van der Waals surface area contributed by atoms with Gasteiger partial charge in [-0.1, -0.05) is 55.2 Å². The number of allylic oxidation sites excluding steroid dienone is 3. The Morgan fingerprint density at radius 2 is 1.61 bits per heavy atom. The Morgan fingerprint density at radius 3 is 2.29 bits per heavy atom. The number of esters is 1. The van der Waals surface area contributed by atoms with Crippen LogP contribution in [0.3, 0.4) is 0 Å². The van der Waals surface area contributed by atoms with Gasteiger partial charge in [0.25, 0.3) is 0 Å². The molecule has 0 unspecified atom stereocenters. The molecule has 1 aromatic rings. The van der Waals surface area contributed by atoms with Gasteiger partial charge in [-0.25, -0.2) is 4.79 Å². The summed E-state index contributed by atoms with van der Waals surface area (Å²) in [7, 11) is -0.284. The van der Waals surface area contributed by atoms with Crippen molar-refractivity contribution < 1.29 is 18.8 Å². The summed E-state index contributed by atoms with van der Waals surface area (Å²) in [5.41, 5.74) is 0.0312. The van der Waals surface area contributed by atoms with E-state index in [0.717, 1.165) is 32.1 Å². The van der Waals surface area contributed by atoms with Gasteiger partial charge in [-0.05, 0) is 59.1 Å². The molecule has 4 nitrogen and oxygen atoms in total. The minimum absolute atomic E-state index is 0.239. The Balaban J connectivity index is 1.49. The van der Waals surface area contributed by atoms with Crippen LogP contribution in [0.25, 0.3) is 0 Å². The standard InChI is InChI=1S/C23H33BO4/c1-22(2)23(3,4)28-24(27-22)18-14-9-7-5-6-8-10-15-19-26-21(25)20-16-12-11-13-17-20/h7,9,11-14,16-18H,5-6,8,10,15,19H2,1-4H3/b9-7+,18-14+. The fraction of sp³-hybridized carbons (Fsp3) is 0.522. The van der Waals surface area contributed by atoms with Gasteiger partial charge in [-0.3, -0.25) is 0 Å². The van der Waals surface area contributed by atoms with Gasteiger partial charge >= 0.3 is 13.1 Å². The first-order chi connectivity index (χ1) is 13.3. The van der Waals surface area contributed by atoms with Gasteiger partial charge in [0.2, 0.25) is 0 Å². The number of benzene rings is 1. The van der Waals surface area contributed by atoms with E-state index >= 15 is 0 Å². The summed E-state index contributed by atoms with van der Waals surface area (Å²) in [4.78, 5) is 11.8. The Kier molecular flexibility index (Phi) is 8.52. The van der Waals surface area contributed by atoms with E-state index in [1.54, 1.807) is 12.1 Å². The van der Waals surface area contributed by atoms with Crippen molar-refractivity contribution in [2.24, 2.45) is 0 Å². The van der Waals surface area contributed by atoms with Crippen LogP contribution < -0.4 is 0 Å². The second kappa shape index (κ2) is 10.6. The van der Waals surface area contributed by atoms with Gasteiger partial charge in [0, 0.05) is 0 Å². The smallest absolute Gasteiger partial charge is 0.462 e. The predicted molar refractivity (Wildman–Crippen MR) is 114 cm³/mol. The second-order valence-electron chi connectivity index (χ2n) is 8.14. The second-order valence-corrected chi connectivity index (χ2v) is 8.14. The lowest BCUT2D eigenvalue weighted by atomic mass is 9.90. The van der Waals surface area contributed by atoms with Crippen molar-refractivity contribution in [3.05, 3.63) is 60.1 Å². The molecule has 0 amide bonds. The number of rotatable bonds is 10. The number of hydrogen-bond acceptors (Lipinski definition) is 4. The number of carbonyl (C=O) groups is 1. The molecule has 0 spiro atoms. The maximum absolute atomic E-state index is 11.8. The third-order valence-corrected chi connectivity index (χ3v) is 5.29. The van der Waals surface area contributed by atoms with Crippen LogP contribution in [0.1, 0.15) is 70.2 Å². The van der Waals surface area contributed by atoms with E-state index in [4.69, 9.17) is 14.0 Å². The molecule has 0 saturated carbocycles. The molecule has 1 aliphatic rings. The summed E-state index contributed by atoms with van der Waals surface area (Å²) in [6, 6.07) is 9.12. The molecule has 0 aromatic heterocycles. The van der Waals surface area contributed by atoms with Crippen molar-refractivity contribution in [1.82, 2.24) is 0 Å². The van der Waals surface area contributed by atoms with E-state index in [-0.39, 0.29) is 24.3 Å². The van der Waals surface area contributed by atoms with Gasteiger partial charge in [-0.2, -0.15) is 0 Å². The highest BCUT2D eigenvalue weighted by Crippen LogP contribution is 2.36. The number of ether oxygens (including phenoxy) is 1. The van der Waals surface area contributed by atoms with Gasteiger partial charge in [-0.15, -0.1) is 0 Å². The molecule has 1 aromatic carbocycles. The predicted octanol–water partition coefficient (Wildman–Crippen LogP) is 5.54. The van der Waals surface area contributed by atoms with E-state index in [1.807, 2.05) is 36.3 Å². The molecule has 0 radical (unpaired) electrons. The summed E-state index contributed by atoms with van der Waals surface area (Å²) in [5.74, 6) is 1.71. The monoisotopic (exact) mass is 384 g/mol. The zero-order valence-corrected chi connectivity index (χ0v) is 17.6. The van der Waals surface area contributed by atoms with Crippen LogP contribution >= 0.6 is 0 Å². The van der Waals surface area contributed by atoms with Crippen molar-refractivity contribution >= 4 is 13.1 Å². The highest BCUT2D eigenvalue weighted by molar-refractivity contribution is 6.51. The minimum atomic E-state index is -0.291. The van der Waals surface area contributed by atoms with E-state index < -0.39 is 0 Å². The maximum atomic E-state index is 11.8. The van der Waals surface area contributed by atoms with Crippen LogP contribution in [0.2, 0.25) is 0 Å². The van der Waals surface area contributed by atoms with Crippen molar-refractivity contribution in [3.63, 3.8) is 0 Å². The number of hydrogen-bond donors (Lipinski definition) is 0. The van der Waals surface area contributed by atoms with Gasteiger partial charge in [0.15, 0.2) is 0 Å². The van der Waals surface area contributed by atoms with E-state index in [9.17, 15) is 4.79 Å². The number of unbranched alkanes of at least 4 members (excludes halogenated alkanes) is 4. The summed E-state index contributed by atoms with van der Waals surface area (Å²) < 4.78 is 17.1. The third kappa shape index (κ3) is 6.95. The van der Waals surface area contributed by atoms with Crippen molar-refractivity contribution in [1.29, 1.82) is 0 Å². The third-order valence-electron chi connectivity index (χ3n) is 5.29. The average molecular weight is 384 g/mol. The molecule has 0 atom stereocenters. The first-order valence-electron chi connectivity index (χ1n) is 10.2.